The van der Waals surface area contributed by atoms with Crippen molar-refractivity contribution in [3.05, 3.63) is 29.3 Å². The molecule has 3 atom stereocenters. The first-order valence-electron chi connectivity index (χ1n) is 6.89. The maximum Gasteiger partial charge on any atom is 0.106 e. The molecule has 1 aromatic carbocycles. The number of thiocarbonyl (C=S) groups is 1. The molecule has 3 unspecified atom stereocenters. The molecule has 1 aromatic rings. The fourth-order valence-electron chi connectivity index (χ4n) is 3.56. The van der Waals surface area contributed by atoms with Crippen LogP contribution < -0.4 is 10.6 Å². The van der Waals surface area contributed by atoms with Gasteiger partial charge in [-0.1, -0.05) is 23.8 Å². The van der Waals surface area contributed by atoms with E-state index in [-0.39, 0.29) is 6.10 Å². The lowest BCUT2D eigenvalue weighted by molar-refractivity contribution is 0.133. The third kappa shape index (κ3) is 2.23. The lowest BCUT2D eigenvalue weighted by atomic mass is 10.00. The van der Waals surface area contributed by atoms with Gasteiger partial charge in [0.05, 0.1) is 6.10 Å². The van der Waals surface area contributed by atoms with Crippen molar-refractivity contribution in [1.29, 1.82) is 0 Å². The van der Waals surface area contributed by atoms with Crippen molar-refractivity contribution in [2.75, 3.05) is 18.0 Å². The Hall–Kier alpha value is -1.13. The van der Waals surface area contributed by atoms with E-state index in [0.29, 0.717) is 16.8 Å². The summed E-state index contributed by atoms with van der Waals surface area (Å²) in [4.78, 5) is 2.79. The summed E-state index contributed by atoms with van der Waals surface area (Å²) in [5.74, 6) is 1.04. The van der Waals surface area contributed by atoms with Crippen LogP contribution in [0.3, 0.4) is 0 Å². The molecule has 0 bridgehead atoms. The van der Waals surface area contributed by atoms with E-state index in [1.54, 1.807) is 0 Å². The van der Waals surface area contributed by atoms with Gasteiger partial charge in [0.25, 0.3) is 0 Å². The first-order chi connectivity index (χ1) is 9.06. The van der Waals surface area contributed by atoms with Crippen LogP contribution in [0.2, 0.25) is 0 Å². The lowest BCUT2D eigenvalue weighted by Crippen LogP contribution is -2.26. The van der Waals surface area contributed by atoms with Crippen molar-refractivity contribution in [2.45, 2.75) is 25.9 Å². The second-order valence-electron chi connectivity index (χ2n) is 5.86. The summed E-state index contributed by atoms with van der Waals surface area (Å²) in [5, 5.41) is 10.0. The van der Waals surface area contributed by atoms with Crippen LogP contribution in [0.25, 0.3) is 0 Å². The summed E-state index contributed by atoms with van der Waals surface area (Å²) >= 11 is 5.17. The Morgan fingerprint density at radius 1 is 1.37 bits per heavy atom. The van der Waals surface area contributed by atoms with E-state index < -0.39 is 0 Å². The number of nitrogens with two attached hydrogens (primary N) is 1. The second kappa shape index (κ2) is 4.76. The third-order valence-corrected chi connectivity index (χ3v) is 4.80. The zero-order valence-corrected chi connectivity index (χ0v) is 12.0. The van der Waals surface area contributed by atoms with Crippen LogP contribution in [-0.2, 0) is 0 Å². The van der Waals surface area contributed by atoms with Crippen LogP contribution in [0.4, 0.5) is 5.69 Å². The normalized spacial score (nSPS) is 29.6. The third-order valence-electron chi connectivity index (χ3n) is 4.58. The van der Waals surface area contributed by atoms with E-state index in [2.05, 4.69) is 23.1 Å². The van der Waals surface area contributed by atoms with Gasteiger partial charge in [0, 0.05) is 30.3 Å². The van der Waals surface area contributed by atoms with Gasteiger partial charge in [-0.2, -0.15) is 0 Å². The Bertz CT molecular complexity index is 517. The lowest BCUT2D eigenvalue weighted by Gasteiger charge is -2.23. The van der Waals surface area contributed by atoms with E-state index in [1.807, 2.05) is 6.92 Å². The molecule has 2 aliphatic rings. The molecule has 3 rings (SSSR count). The topological polar surface area (TPSA) is 49.5 Å². The molecular formula is C15H20N2OS. The fraction of sp³-hybridized carbons (Fsp3) is 0.533. The van der Waals surface area contributed by atoms with Gasteiger partial charge in [-0.3, -0.25) is 0 Å². The van der Waals surface area contributed by atoms with Gasteiger partial charge >= 0.3 is 0 Å². The maximum atomic E-state index is 10.0. The van der Waals surface area contributed by atoms with Crippen LogP contribution in [0, 0.1) is 18.8 Å². The van der Waals surface area contributed by atoms with Crippen LogP contribution in [0.15, 0.2) is 18.2 Å². The van der Waals surface area contributed by atoms with Crippen LogP contribution in [-0.4, -0.2) is 29.3 Å². The first kappa shape index (κ1) is 12.9. The quantitative estimate of drug-likeness (QED) is 0.809. The van der Waals surface area contributed by atoms with Gasteiger partial charge in [0.15, 0.2) is 0 Å². The molecule has 1 heterocycles. The molecule has 102 valence electrons. The highest BCUT2D eigenvalue weighted by molar-refractivity contribution is 7.80. The molecule has 0 aromatic heterocycles. The highest BCUT2D eigenvalue weighted by Gasteiger charge is 2.42. The van der Waals surface area contributed by atoms with E-state index in [4.69, 9.17) is 18.0 Å². The average Bonchev–Trinajstić information content (AvgIpc) is 2.92. The molecule has 2 fully saturated rings. The molecule has 0 spiro atoms. The molecule has 1 aliphatic heterocycles. The Kier molecular flexibility index (Phi) is 3.23. The van der Waals surface area contributed by atoms with Gasteiger partial charge in [-0.25, -0.2) is 0 Å². The van der Waals surface area contributed by atoms with Crippen molar-refractivity contribution in [1.82, 2.24) is 0 Å². The number of benzene rings is 1. The minimum Gasteiger partial charge on any atom is -0.393 e. The highest BCUT2D eigenvalue weighted by atomic mass is 32.1. The Labute approximate surface area is 119 Å². The summed E-state index contributed by atoms with van der Waals surface area (Å²) in [5.41, 5.74) is 9.11. The summed E-state index contributed by atoms with van der Waals surface area (Å²) in [6, 6.07) is 6.26. The molecule has 3 N–H and O–H groups in total. The number of hydrogen-bond acceptors (Lipinski definition) is 3. The maximum absolute atomic E-state index is 10.0. The Morgan fingerprint density at radius 3 is 2.84 bits per heavy atom. The molecule has 3 nitrogen and oxygen atoms in total. The van der Waals surface area contributed by atoms with Crippen LogP contribution in [0.5, 0.6) is 0 Å². The first-order valence-corrected chi connectivity index (χ1v) is 7.30. The summed E-state index contributed by atoms with van der Waals surface area (Å²) < 4.78 is 0. The Morgan fingerprint density at radius 2 is 2.16 bits per heavy atom. The zero-order chi connectivity index (χ0) is 13.6. The summed E-state index contributed by atoms with van der Waals surface area (Å²) in [6.07, 6.45) is 1.96. The minimum absolute atomic E-state index is 0.131. The van der Waals surface area contributed by atoms with Crippen molar-refractivity contribution < 1.29 is 5.11 Å². The fourth-order valence-corrected chi connectivity index (χ4v) is 3.72. The van der Waals surface area contributed by atoms with Crippen LogP contribution >= 0.6 is 12.2 Å². The van der Waals surface area contributed by atoms with Crippen molar-refractivity contribution in [3.63, 3.8) is 0 Å². The van der Waals surface area contributed by atoms with Crippen molar-refractivity contribution in [2.24, 2.45) is 17.6 Å². The molecule has 1 saturated heterocycles. The van der Waals surface area contributed by atoms with Crippen LogP contribution in [0.1, 0.15) is 24.0 Å². The van der Waals surface area contributed by atoms with Crippen molar-refractivity contribution in [3.8, 4) is 0 Å². The zero-order valence-electron chi connectivity index (χ0n) is 11.2. The standard InChI is InChI=1S/C15H20N2OS/c1-9-2-4-13(11(6-9)15(16)19)17-7-10-3-5-14(18)12(10)8-17/h2,4,6,10,12,14,18H,3,5,7-8H2,1H3,(H2,16,19). The van der Waals surface area contributed by atoms with Gasteiger partial charge in [0.1, 0.15) is 4.99 Å². The van der Waals surface area contributed by atoms with E-state index in [1.165, 1.54) is 5.56 Å². The number of anilines is 1. The predicted octanol–water partition coefficient (Wildman–Crippen LogP) is 1.84. The van der Waals surface area contributed by atoms with E-state index >= 15 is 0 Å². The monoisotopic (exact) mass is 276 g/mol. The number of aryl methyl sites for hydroxylation is 1. The van der Waals surface area contributed by atoms with E-state index in [0.717, 1.165) is 37.2 Å². The number of rotatable bonds is 2. The second-order valence-corrected chi connectivity index (χ2v) is 6.30. The largest absolute Gasteiger partial charge is 0.393 e. The molecule has 0 amide bonds. The SMILES string of the molecule is Cc1ccc(N2CC3CCC(O)C3C2)c(C(N)=S)c1. The number of aliphatic hydroxyl groups excluding tert-OH is 1. The minimum atomic E-state index is -0.131. The molecular weight excluding hydrogens is 256 g/mol. The molecule has 0 radical (unpaired) electrons. The average molecular weight is 276 g/mol. The van der Waals surface area contributed by atoms with Crippen molar-refractivity contribution >= 4 is 22.9 Å². The van der Waals surface area contributed by atoms with E-state index in [9.17, 15) is 5.11 Å². The number of nitrogens with zero attached hydrogens (tertiary/aromatic N) is 1. The highest BCUT2D eigenvalue weighted by Crippen LogP contribution is 2.40. The molecule has 1 aliphatic carbocycles. The summed E-state index contributed by atoms with van der Waals surface area (Å²) in [6.45, 7) is 3.99. The number of hydrogen-bond donors (Lipinski definition) is 2. The predicted molar refractivity (Wildman–Crippen MR) is 81.5 cm³/mol. The van der Waals surface area contributed by atoms with Gasteiger partial charge < -0.3 is 15.7 Å². The molecule has 4 heteroatoms. The van der Waals surface area contributed by atoms with Gasteiger partial charge in [-0.15, -0.1) is 0 Å². The summed E-state index contributed by atoms with van der Waals surface area (Å²) in [7, 11) is 0. The van der Waals surface area contributed by atoms with Gasteiger partial charge in [-0.05, 0) is 37.8 Å². The Balaban J connectivity index is 1.90. The molecule has 1 saturated carbocycles. The number of aliphatic hydroxyl groups is 1. The molecule has 19 heavy (non-hydrogen) atoms. The van der Waals surface area contributed by atoms with Gasteiger partial charge in [0.2, 0.25) is 0 Å². The number of fused-ring (bicyclic) bond motifs is 1. The smallest absolute Gasteiger partial charge is 0.106 e.